The van der Waals surface area contributed by atoms with Crippen LogP contribution in [0, 0.1) is 11.8 Å². The van der Waals surface area contributed by atoms with Crippen molar-refractivity contribution < 1.29 is 14.3 Å². The van der Waals surface area contributed by atoms with Crippen molar-refractivity contribution in [2.45, 2.75) is 33.3 Å². The number of amides is 2. The zero-order valence-electron chi connectivity index (χ0n) is 12.7. The van der Waals surface area contributed by atoms with Gasteiger partial charge in [-0.25, -0.2) is 4.79 Å². The van der Waals surface area contributed by atoms with Crippen LogP contribution < -0.4 is 10.6 Å². The SMILES string of the molecule is CC(=O)Nc1cccc(C#CCNC(=O)OC(C)(C)C)c1. The summed E-state index contributed by atoms with van der Waals surface area (Å²) in [6.45, 7) is 7.03. The van der Waals surface area contributed by atoms with Crippen molar-refractivity contribution in [1.82, 2.24) is 5.32 Å². The third-order valence-electron chi connectivity index (χ3n) is 2.14. The topological polar surface area (TPSA) is 67.4 Å². The number of hydrogen-bond acceptors (Lipinski definition) is 3. The van der Waals surface area contributed by atoms with E-state index in [0.717, 1.165) is 5.56 Å². The summed E-state index contributed by atoms with van der Waals surface area (Å²) in [6, 6.07) is 7.18. The normalized spacial score (nSPS) is 10.1. The van der Waals surface area contributed by atoms with Crippen LogP contribution in [0.4, 0.5) is 10.5 Å². The monoisotopic (exact) mass is 288 g/mol. The van der Waals surface area contributed by atoms with Gasteiger partial charge in [0.05, 0.1) is 6.54 Å². The van der Waals surface area contributed by atoms with Crippen LogP contribution in [0.1, 0.15) is 33.3 Å². The van der Waals surface area contributed by atoms with E-state index in [2.05, 4.69) is 22.5 Å². The number of anilines is 1. The predicted octanol–water partition coefficient (Wildman–Crippen LogP) is 2.52. The number of rotatable bonds is 2. The van der Waals surface area contributed by atoms with Crippen LogP contribution in [0.2, 0.25) is 0 Å². The molecule has 0 aliphatic heterocycles. The predicted molar refractivity (Wildman–Crippen MR) is 81.9 cm³/mol. The molecule has 0 spiro atoms. The van der Waals surface area contributed by atoms with Crippen molar-refractivity contribution in [3.63, 3.8) is 0 Å². The van der Waals surface area contributed by atoms with E-state index in [0.29, 0.717) is 5.69 Å². The minimum atomic E-state index is -0.524. The Morgan fingerprint density at radius 2 is 2.00 bits per heavy atom. The molecule has 5 nitrogen and oxygen atoms in total. The molecule has 1 aromatic rings. The van der Waals surface area contributed by atoms with Gasteiger partial charge in [-0.15, -0.1) is 0 Å². The quantitative estimate of drug-likeness (QED) is 0.822. The maximum atomic E-state index is 11.4. The molecule has 0 aliphatic carbocycles. The van der Waals surface area contributed by atoms with Gasteiger partial charge in [-0.2, -0.15) is 0 Å². The molecule has 2 amide bonds. The molecular formula is C16H20N2O3. The Labute approximate surface area is 125 Å². The molecule has 5 heteroatoms. The van der Waals surface area contributed by atoms with Gasteiger partial charge in [-0.3, -0.25) is 4.79 Å². The molecule has 0 atom stereocenters. The molecule has 21 heavy (non-hydrogen) atoms. The second-order valence-corrected chi connectivity index (χ2v) is 5.42. The number of carbonyl (C=O) groups is 2. The fourth-order valence-electron chi connectivity index (χ4n) is 1.45. The van der Waals surface area contributed by atoms with Crippen molar-refractivity contribution in [2.24, 2.45) is 0 Å². The van der Waals surface area contributed by atoms with Gasteiger partial charge in [0.25, 0.3) is 0 Å². The molecule has 0 fully saturated rings. The first-order valence-corrected chi connectivity index (χ1v) is 6.59. The van der Waals surface area contributed by atoms with Crippen LogP contribution in [-0.2, 0) is 9.53 Å². The molecule has 2 N–H and O–H groups in total. The summed E-state index contributed by atoms with van der Waals surface area (Å²) in [5.74, 6) is 5.60. The van der Waals surface area contributed by atoms with E-state index < -0.39 is 11.7 Å². The minimum absolute atomic E-state index is 0.133. The molecule has 112 valence electrons. The number of benzene rings is 1. The molecule has 0 aromatic heterocycles. The lowest BCUT2D eigenvalue weighted by Gasteiger charge is -2.19. The first kappa shape index (κ1) is 16.6. The zero-order chi connectivity index (χ0) is 15.9. The van der Waals surface area contributed by atoms with Crippen molar-refractivity contribution in [3.8, 4) is 11.8 Å². The van der Waals surface area contributed by atoms with Gasteiger partial charge >= 0.3 is 6.09 Å². The molecule has 0 saturated heterocycles. The summed E-state index contributed by atoms with van der Waals surface area (Å²) < 4.78 is 5.09. The largest absolute Gasteiger partial charge is 0.444 e. The number of carbonyl (C=O) groups excluding carboxylic acids is 2. The van der Waals surface area contributed by atoms with E-state index in [4.69, 9.17) is 4.74 Å². The van der Waals surface area contributed by atoms with E-state index >= 15 is 0 Å². The lowest BCUT2D eigenvalue weighted by molar-refractivity contribution is -0.114. The van der Waals surface area contributed by atoms with Gasteiger partial charge < -0.3 is 15.4 Å². The molecule has 1 aromatic carbocycles. The third-order valence-corrected chi connectivity index (χ3v) is 2.14. The van der Waals surface area contributed by atoms with Gasteiger partial charge in [0.2, 0.25) is 5.91 Å². The highest BCUT2D eigenvalue weighted by atomic mass is 16.6. The highest BCUT2D eigenvalue weighted by Crippen LogP contribution is 2.09. The first-order chi connectivity index (χ1) is 9.76. The molecule has 0 radical (unpaired) electrons. The van der Waals surface area contributed by atoms with E-state index in [-0.39, 0.29) is 12.5 Å². The lowest BCUT2D eigenvalue weighted by Crippen LogP contribution is -2.32. The van der Waals surface area contributed by atoms with E-state index in [1.807, 2.05) is 6.07 Å². The number of alkyl carbamates (subject to hydrolysis) is 1. The molecular weight excluding hydrogens is 268 g/mol. The summed E-state index contributed by atoms with van der Waals surface area (Å²) in [6.07, 6.45) is -0.496. The molecule has 0 unspecified atom stereocenters. The van der Waals surface area contributed by atoms with Crippen molar-refractivity contribution in [3.05, 3.63) is 29.8 Å². The maximum Gasteiger partial charge on any atom is 0.408 e. The van der Waals surface area contributed by atoms with Crippen LogP contribution in [0.5, 0.6) is 0 Å². The van der Waals surface area contributed by atoms with Crippen molar-refractivity contribution in [2.75, 3.05) is 11.9 Å². The van der Waals surface area contributed by atoms with Crippen LogP contribution >= 0.6 is 0 Å². The molecule has 0 saturated carbocycles. The van der Waals surface area contributed by atoms with Crippen molar-refractivity contribution >= 4 is 17.7 Å². The Bertz CT molecular complexity index is 577. The summed E-state index contributed by atoms with van der Waals surface area (Å²) in [5, 5.41) is 5.23. The fraction of sp³-hybridized carbons (Fsp3) is 0.375. The summed E-state index contributed by atoms with van der Waals surface area (Å²) in [7, 11) is 0. The zero-order valence-corrected chi connectivity index (χ0v) is 12.7. The smallest absolute Gasteiger partial charge is 0.408 e. The van der Waals surface area contributed by atoms with Crippen LogP contribution in [0.3, 0.4) is 0 Å². The Morgan fingerprint density at radius 3 is 2.62 bits per heavy atom. The van der Waals surface area contributed by atoms with E-state index in [1.54, 1.807) is 39.0 Å². The Kier molecular flexibility index (Phi) is 5.79. The second-order valence-electron chi connectivity index (χ2n) is 5.42. The van der Waals surface area contributed by atoms with E-state index in [1.165, 1.54) is 6.92 Å². The standard InChI is InChI=1S/C16H20N2O3/c1-12(19)18-14-9-5-7-13(11-14)8-6-10-17-15(20)21-16(2,3)4/h5,7,9,11H,10H2,1-4H3,(H,17,20)(H,18,19). The Balaban J connectivity index is 2.52. The number of nitrogens with one attached hydrogen (secondary N) is 2. The van der Waals surface area contributed by atoms with Gasteiger partial charge in [0, 0.05) is 18.2 Å². The second kappa shape index (κ2) is 7.34. The van der Waals surface area contributed by atoms with Crippen LogP contribution in [-0.4, -0.2) is 24.1 Å². The molecule has 0 heterocycles. The number of ether oxygens (including phenoxy) is 1. The van der Waals surface area contributed by atoms with Crippen LogP contribution in [0.15, 0.2) is 24.3 Å². The maximum absolute atomic E-state index is 11.4. The summed E-state index contributed by atoms with van der Waals surface area (Å²) in [5.41, 5.74) is 0.922. The van der Waals surface area contributed by atoms with Gasteiger partial charge in [0.15, 0.2) is 0 Å². The molecule has 0 bridgehead atoms. The Hall–Kier alpha value is -2.48. The average molecular weight is 288 g/mol. The summed E-state index contributed by atoms with van der Waals surface area (Å²) >= 11 is 0. The number of hydrogen-bond donors (Lipinski definition) is 2. The fourth-order valence-corrected chi connectivity index (χ4v) is 1.45. The molecule has 0 aliphatic rings. The minimum Gasteiger partial charge on any atom is -0.444 e. The first-order valence-electron chi connectivity index (χ1n) is 6.59. The molecule has 1 rings (SSSR count). The van der Waals surface area contributed by atoms with Gasteiger partial charge in [-0.1, -0.05) is 17.9 Å². The highest BCUT2D eigenvalue weighted by Gasteiger charge is 2.14. The lowest BCUT2D eigenvalue weighted by atomic mass is 10.2. The average Bonchev–Trinajstić information content (AvgIpc) is 2.32. The van der Waals surface area contributed by atoms with Gasteiger partial charge in [0.1, 0.15) is 5.60 Å². The van der Waals surface area contributed by atoms with E-state index in [9.17, 15) is 9.59 Å². The van der Waals surface area contributed by atoms with Crippen LogP contribution in [0.25, 0.3) is 0 Å². The third kappa shape index (κ3) is 7.63. The van der Waals surface area contributed by atoms with Crippen molar-refractivity contribution in [1.29, 1.82) is 0 Å². The van der Waals surface area contributed by atoms with Gasteiger partial charge in [-0.05, 0) is 39.0 Å². The highest BCUT2D eigenvalue weighted by molar-refractivity contribution is 5.88. The Morgan fingerprint density at radius 1 is 1.29 bits per heavy atom. The summed E-state index contributed by atoms with van der Waals surface area (Å²) in [4.78, 5) is 22.4.